The Kier molecular flexibility index (Phi) is 4.90. The number of nitro benzene ring substituents is 1. The summed E-state index contributed by atoms with van der Waals surface area (Å²) in [6.45, 7) is 4.90. The quantitative estimate of drug-likeness (QED) is 0.642. The molecule has 5 heteroatoms. The summed E-state index contributed by atoms with van der Waals surface area (Å²) in [4.78, 5) is 10.6. The van der Waals surface area contributed by atoms with Gasteiger partial charge in [-0.1, -0.05) is 37.3 Å². The molecular formula is C16H18N2O3. The number of benzene rings is 2. The van der Waals surface area contributed by atoms with Crippen LogP contribution in [0.1, 0.15) is 25.5 Å². The second-order valence-corrected chi connectivity index (χ2v) is 4.64. The fraction of sp³-hybridized carbons (Fsp3) is 0.250. The molecule has 21 heavy (non-hydrogen) atoms. The first-order chi connectivity index (χ1) is 10.1. The van der Waals surface area contributed by atoms with Crippen LogP contribution in [0.4, 0.5) is 5.69 Å². The Morgan fingerprint density at radius 3 is 2.43 bits per heavy atom. The summed E-state index contributed by atoms with van der Waals surface area (Å²) in [7, 11) is 0. The highest BCUT2D eigenvalue weighted by Crippen LogP contribution is 2.34. The van der Waals surface area contributed by atoms with E-state index in [2.05, 4.69) is 5.32 Å². The number of rotatable bonds is 6. The summed E-state index contributed by atoms with van der Waals surface area (Å²) >= 11 is 0. The predicted molar refractivity (Wildman–Crippen MR) is 81.7 cm³/mol. The standard InChI is InChI=1S/C16H18N2O3/c1-3-17-12(2)13-8-4-6-10-15(13)21-16-11-7-5-9-14(16)18(19)20/h4-12,17H,3H2,1-2H3. The molecular weight excluding hydrogens is 268 g/mol. The van der Waals surface area contributed by atoms with E-state index in [1.54, 1.807) is 18.2 Å². The van der Waals surface area contributed by atoms with Crippen LogP contribution in [0.2, 0.25) is 0 Å². The Morgan fingerprint density at radius 2 is 1.76 bits per heavy atom. The van der Waals surface area contributed by atoms with E-state index in [1.165, 1.54) is 6.07 Å². The highest BCUT2D eigenvalue weighted by molar-refractivity contribution is 5.49. The molecule has 110 valence electrons. The van der Waals surface area contributed by atoms with Crippen LogP contribution in [0.15, 0.2) is 48.5 Å². The predicted octanol–water partition coefficient (Wildman–Crippen LogP) is 4.06. The molecule has 0 aliphatic heterocycles. The van der Waals surface area contributed by atoms with Crippen molar-refractivity contribution in [3.8, 4) is 11.5 Å². The number of nitro groups is 1. The largest absolute Gasteiger partial charge is 0.450 e. The molecule has 0 radical (unpaired) electrons. The molecule has 0 aliphatic carbocycles. The van der Waals surface area contributed by atoms with Crippen molar-refractivity contribution >= 4 is 5.69 Å². The average Bonchev–Trinajstić information content (AvgIpc) is 2.48. The minimum absolute atomic E-state index is 0.0385. The molecule has 0 spiro atoms. The molecule has 0 heterocycles. The molecule has 0 saturated heterocycles. The molecule has 0 saturated carbocycles. The molecule has 1 N–H and O–H groups in total. The Bertz CT molecular complexity index is 628. The van der Waals surface area contributed by atoms with Crippen molar-refractivity contribution in [1.82, 2.24) is 5.32 Å². The van der Waals surface area contributed by atoms with E-state index in [4.69, 9.17) is 4.74 Å². The third kappa shape index (κ3) is 3.58. The van der Waals surface area contributed by atoms with Gasteiger partial charge in [-0.05, 0) is 25.6 Å². The van der Waals surface area contributed by atoms with E-state index < -0.39 is 4.92 Å². The number of nitrogens with zero attached hydrogens (tertiary/aromatic N) is 1. The number of hydrogen-bond donors (Lipinski definition) is 1. The minimum atomic E-state index is -0.439. The number of ether oxygens (including phenoxy) is 1. The van der Waals surface area contributed by atoms with Crippen LogP contribution in [0, 0.1) is 10.1 Å². The van der Waals surface area contributed by atoms with E-state index in [1.807, 2.05) is 38.1 Å². The molecule has 0 bridgehead atoms. The van der Waals surface area contributed by atoms with E-state index in [0.717, 1.165) is 12.1 Å². The number of para-hydroxylation sites is 3. The molecule has 0 aromatic heterocycles. The lowest BCUT2D eigenvalue weighted by Gasteiger charge is -2.17. The lowest BCUT2D eigenvalue weighted by molar-refractivity contribution is -0.385. The average molecular weight is 286 g/mol. The van der Waals surface area contributed by atoms with Gasteiger partial charge in [0.1, 0.15) is 5.75 Å². The van der Waals surface area contributed by atoms with Crippen molar-refractivity contribution in [2.45, 2.75) is 19.9 Å². The summed E-state index contributed by atoms with van der Waals surface area (Å²) in [5, 5.41) is 14.4. The van der Waals surface area contributed by atoms with Gasteiger partial charge in [-0.3, -0.25) is 10.1 Å². The Labute approximate surface area is 123 Å². The maximum Gasteiger partial charge on any atom is 0.311 e. The fourth-order valence-corrected chi connectivity index (χ4v) is 2.16. The van der Waals surface area contributed by atoms with Gasteiger partial charge in [-0.15, -0.1) is 0 Å². The SMILES string of the molecule is CCNC(C)c1ccccc1Oc1ccccc1[N+](=O)[O-]. The first kappa shape index (κ1) is 15.0. The zero-order chi connectivity index (χ0) is 15.2. The van der Waals surface area contributed by atoms with Gasteiger partial charge in [0.15, 0.2) is 0 Å². The Morgan fingerprint density at radius 1 is 1.14 bits per heavy atom. The fourth-order valence-electron chi connectivity index (χ4n) is 2.16. The summed E-state index contributed by atoms with van der Waals surface area (Å²) in [5.74, 6) is 0.874. The normalized spacial score (nSPS) is 11.9. The molecule has 0 amide bonds. The van der Waals surface area contributed by atoms with Crippen molar-refractivity contribution in [3.05, 3.63) is 64.2 Å². The van der Waals surface area contributed by atoms with Gasteiger partial charge in [0.05, 0.1) is 4.92 Å². The van der Waals surface area contributed by atoms with Crippen molar-refractivity contribution in [2.24, 2.45) is 0 Å². The maximum absolute atomic E-state index is 11.0. The summed E-state index contributed by atoms with van der Waals surface area (Å²) in [5.41, 5.74) is 0.931. The van der Waals surface area contributed by atoms with E-state index in [9.17, 15) is 10.1 Å². The zero-order valence-corrected chi connectivity index (χ0v) is 12.1. The maximum atomic E-state index is 11.0. The third-order valence-corrected chi connectivity index (χ3v) is 3.18. The third-order valence-electron chi connectivity index (χ3n) is 3.18. The molecule has 2 aromatic rings. The monoisotopic (exact) mass is 286 g/mol. The highest BCUT2D eigenvalue weighted by atomic mass is 16.6. The number of nitrogens with one attached hydrogen (secondary N) is 1. The number of hydrogen-bond acceptors (Lipinski definition) is 4. The van der Waals surface area contributed by atoms with Crippen molar-refractivity contribution in [2.75, 3.05) is 6.54 Å². The van der Waals surface area contributed by atoms with E-state index in [-0.39, 0.29) is 17.5 Å². The van der Waals surface area contributed by atoms with E-state index >= 15 is 0 Å². The second kappa shape index (κ2) is 6.85. The van der Waals surface area contributed by atoms with E-state index in [0.29, 0.717) is 5.75 Å². The van der Waals surface area contributed by atoms with Gasteiger partial charge in [-0.2, -0.15) is 0 Å². The van der Waals surface area contributed by atoms with Crippen molar-refractivity contribution in [3.63, 3.8) is 0 Å². The molecule has 1 atom stereocenters. The topological polar surface area (TPSA) is 64.4 Å². The summed E-state index contributed by atoms with van der Waals surface area (Å²) in [6, 6.07) is 14.0. The molecule has 0 aliphatic rings. The lowest BCUT2D eigenvalue weighted by Crippen LogP contribution is -2.18. The second-order valence-electron chi connectivity index (χ2n) is 4.64. The Hall–Kier alpha value is -2.40. The summed E-state index contributed by atoms with van der Waals surface area (Å²) < 4.78 is 5.79. The van der Waals surface area contributed by atoms with Gasteiger partial charge in [0.2, 0.25) is 5.75 Å². The first-order valence-corrected chi connectivity index (χ1v) is 6.87. The minimum Gasteiger partial charge on any atom is -0.450 e. The highest BCUT2D eigenvalue weighted by Gasteiger charge is 2.17. The smallest absolute Gasteiger partial charge is 0.311 e. The van der Waals surface area contributed by atoms with Crippen LogP contribution >= 0.6 is 0 Å². The van der Waals surface area contributed by atoms with Gasteiger partial charge in [-0.25, -0.2) is 0 Å². The molecule has 2 rings (SSSR count). The van der Waals surface area contributed by atoms with Gasteiger partial charge in [0.25, 0.3) is 0 Å². The van der Waals surface area contributed by atoms with Crippen LogP contribution in [-0.2, 0) is 0 Å². The van der Waals surface area contributed by atoms with Crippen molar-refractivity contribution in [1.29, 1.82) is 0 Å². The van der Waals surface area contributed by atoms with Crippen LogP contribution in [0.25, 0.3) is 0 Å². The zero-order valence-electron chi connectivity index (χ0n) is 12.1. The molecule has 2 aromatic carbocycles. The Balaban J connectivity index is 2.34. The van der Waals surface area contributed by atoms with Gasteiger partial charge >= 0.3 is 5.69 Å². The van der Waals surface area contributed by atoms with Crippen LogP contribution in [0.3, 0.4) is 0 Å². The van der Waals surface area contributed by atoms with Crippen LogP contribution in [-0.4, -0.2) is 11.5 Å². The van der Waals surface area contributed by atoms with Crippen LogP contribution in [0.5, 0.6) is 11.5 Å². The summed E-state index contributed by atoms with van der Waals surface area (Å²) in [6.07, 6.45) is 0. The molecule has 5 nitrogen and oxygen atoms in total. The van der Waals surface area contributed by atoms with Crippen molar-refractivity contribution < 1.29 is 9.66 Å². The van der Waals surface area contributed by atoms with Crippen LogP contribution < -0.4 is 10.1 Å². The molecule has 0 fully saturated rings. The molecule has 1 unspecified atom stereocenters. The van der Waals surface area contributed by atoms with Gasteiger partial charge in [0, 0.05) is 17.7 Å². The lowest BCUT2D eigenvalue weighted by atomic mass is 10.1. The van der Waals surface area contributed by atoms with Gasteiger partial charge < -0.3 is 10.1 Å². The first-order valence-electron chi connectivity index (χ1n) is 6.87.